The van der Waals surface area contributed by atoms with Crippen molar-refractivity contribution in [3.63, 3.8) is 0 Å². The van der Waals surface area contributed by atoms with E-state index in [0.29, 0.717) is 18.4 Å². The average Bonchev–Trinajstić information content (AvgIpc) is 2.81. The van der Waals surface area contributed by atoms with Gasteiger partial charge < -0.3 is 9.47 Å². The van der Waals surface area contributed by atoms with Gasteiger partial charge in [-0.05, 0) is 59.0 Å². The summed E-state index contributed by atoms with van der Waals surface area (Å²) in [5.41, 5.74) is 2.75. The Labute approximate surface area is 161 Å². The SMILES string of the molecule is C=C1C(=O)O[C@H]2/C=C(\C)CC/C=C(/C)CC[C@H](C(C)=O)[C@H](OC(C)=O)C[C@@H]12. The fraction of sp³-hybridized carbons (Fsp3) is 0.591. The molecule has 2 rings (SSSR count). The molecule has 0 aromatic heterocycles. The van der Waals surface area contributed by atoms with Crippen LogP contribution in [0.3, 0.4) is 0 Å². The number of ether oxygens (including phenoxy) is 2. The lowest BCUT2D eigenvalue weighted by Crippen LogP contribution is -2.34. The van der Waals surface area contributed by atoms with Crippen molar-refractivity contribution in [2.24, 2.45) is 11.8 Å². The summed E-state index contributed by atoms with van der Waals surface area (Å²) in [7, 11) is 0. The van der Waals surface area contributed by atoms with Gasteiger partial charge in [-0.25, -0.2) is 4.79 Å². The predicted molar refractivity (Wildman–Crippen MR) is 103 cm³/mol. The van der Waals surface area contributed by atoms with Gasteiger partial charge in [-0.15, -0.1) is 0 Å². The smallest absolute Gasteiger partial charge is 0.334 e. The van der Waals surface area contributed by atoms with Gasteiger partial charge in [0.05, 0.1) is 5.92 Å². The van der Waals surface area contributed by atoms with Crippen LogP contribution >= 0.6 is 0 Å². The van der Waals surface area contributed by atoms with Gasteiger partial charge in [0.2, 0.25) is 0 Å². The molecule has 1 aliphatic carbocycles. The molecule has 1 aliphatic heterocycles. The number of hydrogen-bond donors (Lipinski definition) is 0. The molecular formula is C22H30O5. The van der Waals surface area contributed by atoms with E-state index in [1.807, 2.05) is 13.0 Å². The van der Waals surface area contributed by atoms with Crippen molar-refractivity contribution in [1.82, 2.24) is 0 Å². The summed E-state index contributed by atoms with van der Waals surface area (Å²) in [4.78, 5) is 36.1. The Morgan fingerprint density at radius 3 is 2.52 bits per heavy atom. The fourth-order valence-corrected chi connectivity index (χ4v) is 3.86. The minimum absolute atomic E-state index is 0.0111. The van der Waals surface area contributed by atoms with Crippen molar-refractivity contribution >= 4 is 17.7 Å². The van der Waals surface area contributed by atoms with E-state index in [2.05, 4.69) is 19.6 Å². The first-order chi connectivity index (χ1) is 12.7. The first-order valence-corrected chi connectivity index (χ1v) is 9.59. The lowest BCUT2D eigenvalue weighted by atomic mass is 9.82. The molecule has 4 atom stereocenters. The number of Topliss-reactive ketones (excluding diaryl/α,β-unsaturated/α-hetero) is 1. The van der Waals surface area contributed by atoms with E-state index >= 15 is 0 Å². The highest BCUT2D eigenvalue weighted by molar-refractivity contribution is 5.91. The Morgan fingerprint density at radius 2 is 1.89 bits per heavy atom. The summed E-state index contributed by atoms with van der Waals surface area (Å²) in [5, 5.41) is 0. The maximum Gasteiger partial charge on any atom is 0.334 e. The van der Waals surface area contributed by atoms with Crippen LogP contribution in [0.25, 0.3) is 0 Å². The zero-order valence-corrected chi connectivity index (χ0v) is 16.7. The third-order valence-electron chi connectivity index (χ3n) is 5.45. The largest absolute Gasteiger partial charge is 0.462 e. The van der Waals surface area contributed by atoms with Crippen LogP contribution in [0, 0.1) is 11.8 Å². The van der Waals surface area contributed by atoms with Crippen LogP contribution in [0.15, 0.2) is 35.5 Å². The second kappa shape index (κ2) is 9.16. The number of carbonyl (C=O) groups is 3. The number of hydrogen-bond acceptors (Lipinski definition) is 5. The second-order valence-electron chi connectivity index (χ2n) is 7.74. The summed E-state index contributed by atoms with van der Waals surface area (Å²) >= 11 is 0. The highest BCUT2D eigenvalue weighted by Gasteiger charge is 2.41. The lowest BCUT2D eigenvalue weighted by Gasteiger charge is -2.28. The van der Waals surface area contributed by atoms with Gasteiger partial charge in [-0.3, -0.25) is 9.59 Å². The molecule has 0 aromatic rings. The van der Waals surface area contributed by atoms with E-state index < -0.39 is 30.1 Å². The Morgan fingerprint density at radius 1 is 1.19 bits per heavy atom. The Kier molecular flexibility index (Phi) is 7.17. The molecule has 0 bridgehead atoms. The topological polar surface area (TPSA) is 69.7 Å². The molecule has 1 fully saturated rings. The summed E-state index contributed by atoms with van der Waals surface area (Å²) in [6, 6.07) is 0. The molecule has 5 heteroatoms. The monoisotopic (exact) mass is 374 g/mol. The summed E-state index contributed by atoms with van der Waals surface area (Å²) in [5.74, 6) is -1.57. The predicted octanol–water partition coefficient (Wildman–Crippen LogP) is 4.08. The quantitative estimate of drug-likeness (QED) is 0.414. The molecule has 0 amide bonds. The maximum atomic E-state index is 12.3. The van der Waals surface area contributed by atoms with Crippen molar-refractivity contribution in [2.45, 2.75) is 72.0 Å². The van der Waals surface area contributed by atoms with Crippen molar-refractivity contribution in [3.8, 4) is 0 Å². The van der Waals surface area contributed by atoms with Gasteiger partial charge in [0.25, 0.3) is 0 Å². The van der Waals surface area contributed by atoms with Gasteiger partial charge >= 0.3 is 11.9 Å². The van der Waals surface area contributed by atoms with Crippen LogP contribution in [0.4, 0.5) is 0 Å². The van der Waals surface area contributed by atoms with Crippen LogP contribution in [0.5, 0.6) is 0 Å². The first-order valence-electron chi connectivity index (χ1n) is 9.59. The molecule has 27 heavy (non-hydrogen) atoms. The summed E-state index contributed by atoms with van der Waals surface area (Å²) in [6.07, 6.45) is 6.65. The summed E-state index contributed by atoms with van der Waals surface area (Å²) < 4.78 is 11.0. The number of ketones is 1. The number of carbonyl (C=O) groups excluding carboxylic acids is 3. The van der Waals surface area contributed by atoms with Gasteiger partial charge in [-0.2, -0.15) is 0 Å². The number of fused-ring (bicyclic) bond motifs is 1. The van der Waals surface area contributed by atoms with Crippen molar-refractivity contribution in [1.29, 1.82) is 0 Å². The van der Waals surface area contributed by atoms with E-state index in [1.165, 1.54) is 19.4 Å². The zero-order valence-electron chi connectivity index (χ0n) is 16.7. The molecule has 5 nitrogen and oxygen atoms in total. The molecule has 0 radical (unpaired) electrons. The van der Waals surface area contributed by atoms with E-state index in [0.717, 1.165) is 24.8 Å². The number of rotatable bonds is 2. The average molecular weight is 374 g/mol. The van der Waals surface area contributed by atoms with Crippen LogP contribution in [0.2, 0.25) is 0 Å². The molecule has 0 saturated carbocycles. The molecule has 1 heterocycles. The normalized spacial score (nSPS) is 33.8. The fourth-order valence-electron chi connectivity index (χ4n) is 3.86. The molecular weight excluding hydrogens is 344 g/mol. The first kappa shape index (κ1) is 21.1. The number of allylic oxidation sites excluding steroid dienone is 3. The Balaban J connectivity index is 2.41. The third kappa shape index (κ3) is 5.65. The minimum atomic E-state index is -0.596. The van der Waals surface area contributed by atoms with E-state index in [4.69, 9.17) is 9.47 Å². The van der Waals surface area contributed by atoms with Crippen LogP contribution in [0.1, 0.15) is 59.8 Å². The highest BCUT2D eigenvalue weighted by Crippen LogP contribution is 2.36. The van der Waals surface area contributed by atoms with Gasteiger partial charge in [0.15, 0.2) is 0 Å². The second-order valence-corrected chi connectivity index (χ2v) is 7.74. The van der Waals surface area contributed by atoms with E-state index in [9.17, 15) is 14.4 Å². The Bertz CT molecular complexity index is 685. The van der Waals surface area contributed by atoms with Crippen LogP contribution in [-0.4, -0.2) is 29.9 Å². The molecule has 0 spiro atoms. The van der Waals surface area contributed by atoms with Gasteiger partial charge in [-0.1, -0.05) is 23.8 Å². The van der Waals surface area contributed by atoms with Crippen LogP contribution < -0.4 is 0 Å². The molecule has 0 unspecified atom stereocenters. The standard InChI is InChI=1S/C22H30O5/c1-13-7-6-8-14(2)11-20-19(15(3)22(25)27-20)12-21(26-17(5)24)18(10-9-13)16(4)23/h7,11,18-21H,3,6,8-10,12H2,1-2,4-5H3/b13-7-,14-11+/t18-,19+,20+,21-/m1/s1. The maximum absolute atomic E-state index is 12.3. The Hall–Kier alpha value is -2.17. The highest BCUT2D eigenvalue weighted by atomic mass is 16.6. The van der Waals surface area contributed by atoms with E-state index in [-0.39, 0.29) is 11.7 Å². The molecule has 148 valence electrons. The molecule has 0 N–H and O–H groups in total. The van der Waals surface area contributed by atoms with Gasteiger partial charge in [0, 0.05) is 18.4 Å². The van der Waals surface area contributed by atoms with E-state index in [1.54, 1.807) is 0 Å². The van der Waals surface area contributed by atoms with Crippen molar-refractivity contribution in [3.05, 3.63) is 35.5 Å². The van der Waals surface area contributed by atoms with Crippen LogP contribution in [-0.2, 0) is 23.9 Å². The molecule has 2 aliphatic rings. The van der Waals surface area contributed by atoms with Crippen molar-refractivity contribution in [2.75, 3.05) is 0 Å². The lowest BCUT2D eigenvalue weighted by molar-refractivity contribution is -0.152. The molecule has 0 aromatic carbocycles. The minimum Gasteiger partial charge on any atom is -0.462 e. The zero-order chi connectivity index (χ0) is 20.1. The number of esters is 2. The van der Waals surface area contributed by atoms with Crippen molar-refractivity contribution < 1.29 is 23.9 Å². The molecule has 1 saturated heterocycles. The van der Waals surface area contributed by atoms with Gasteiger partial charge in [0.1, 0.15) is 18.0 Å². The summed E-state index contributed by atoms with van der Waals surface area (Å²) in [6.45, 7) is 10.9. The third-order valence-corrected chi connectivity index (χ3v) is 5.45.